The van der Waals surface area contributed by atoms with Crippen LogP contribution in [-0.2, 0) is 0 Å². The van der Waals surface area contributed by atoms with Gasteiger partial charge in [0.15, 0.2) is 0 Å². The van der Waals surface area contributed by atoms with Crippen LogP contribution in [0.2, 0.25) is 0 Å². The number of aromatic nitrogens is 4. The summed E-state index contributed by atoms with van der Waals surface area (Å²) in [5.74, 6) is 0.785. The predicted molar refractivity (Wildman–Crippen MR) is 103 cm³/mol. The number of hydrogen-bond donors (Lipinski definition) is 1. The average Bonchev–Trinajstić information content (AvgIpc) is 3.34. The first kappa shape index (κ1) is 15.3. The van der Waals surface area contributed by atoms with Crippen molar-refractivity contribution in [3.63, 3.8) is 0 Å². The Bertz CT molecular complexity index is 1320. The van der Waals surface area contributed by atoms with Crippen molar-refractivity contribution in [1.29, 1.82) is 0 Å². The van der Waals surface area contributed by atoms with E-state index in [4.69, 9.17) is 0 Å². The van der Waals surface area contributed by atoms with E-state index in [1.807, 2.05) is 53.4 Å². The van der Waals surface area contributed by atoms with E-state index in [9.17, 15) is 10.1 Å². The Kier molecular flexibility index (Phi) is 3.26. The van der Waals surface area contributed by atoms with Gasteiger partial charge in [-0.25, -0.2) is 9.97 Å². The third-order valence-corrected chi connectivity index (χ3v) is 4.64. The lowest BCUT2D eigenvalue weighted by atomic mass is 10.0. The van der Waals surface area contributed by atoms with Crippen molar-refractivity contribution in [2.24, 2.45) is 0 Å². The van der Waals surface area contributed by atoms with Gasteiger partial charge in [-0.3, -0.25) is 10.1 Å². The van der Waals surface area contributed by atoms with Gasteiger partial charge in [0.2, 0.25) is 0 Å². The summed E-state index contributed by atoms with van der Waals surface area (Å²) in [6.07, 6.45) is 5.34. The topological polar surface area (TPSA) is 89.6 Å². The zero-order valence-electron chi connectivity index (χ0n) is 14.0. The largest absolute Gasteiger partial charge is 0.346 e. The summed E-state index contributed by atoms with van der Waals surface area (Å²) in [5.41, 5.74) is 3.53. The van der Waals surface area contributed by atoms with Crippen molar-refractivity contribution in [2.45, 2.75) is 0 Å². The van der Waals surface area contributed by atoms with Crippen molar-refractivity contribution in [3.8, 4) is 16.9 Å². The van der Waals surface area contributed by atoms with E-state index in [2.05, 4.69) is 15.0 Å². The molecule has 0 bridgehead atoms. The molecule has 7 heteroatoms. The fourth-order valence-electron chi connectivity index (χ4n) is 3.34. The van der Waals surface area contributed by atoms with Gasteiger partial charge in [-0.05, 0) is 29.3 Å². The number of rotatable bonds is 3. The molecule has 0 atom stereocenters. The number of nitrogens with one attached hydrogen (secondary N) is 1. The third-order valence-electron chi connectivity index (χ3n) is 4.64. The van der Waals surface area contributed by atoms with Crippen LogP contribution in [0, 0.1) is 10.1 Å². The van der Waals surface area contributed by atoms with E-state index in [1.54, 1.807) is 12.1 Å². The van der Waals surface area contributed by atoms with Gasteiger partial charge in [-0.15, -0.1) is 0 Å². The molecule has 3 heterocycles. The van der Waals surface area contributed by atoms with Crippen LogP contribution in [0.4, 0.5) is 5.69 Å². The van der Waals surface area contributed by atoms with E-state index in [0.29, 0.717) is 0 Å². The smallest absolute Gasteiger partial charge is 0.270 e. The van der Waals surface area contributed by atoms with Crippen LogP contribution in [0.5, 0.6) is 0 Å². The van der Waals surface area contributed by atoms with Crippen LogP contribution in [-0.4, -0.2) is 24.4 Å². The lowest BCUT2D eigenvalue weighted by Crippen LogP contribution is -1.97. The number of hydrogen-bond acceptors (Lipinski definition) is 4. The van der Waals surface area contributed by atoms with Gasteiger partial charge in [0, 0.05) is 29.9 Å². The summed E-state index contributed by atoms with van der Waals surface area (Å²) in [6, 6.07) is 16.6. The van der Waals surface area contributed by atoms with E-state index >= 15 is 0 Å². The molecule has 0 radical (unpaired) electrons. The van der Waals surface area contributed by atoms with Crippen LogP contribution in [0.1, 0.15) is 0 Å². The number of H-pyrrole nitrogens is 1. The fraction of sp³-hybridized carbons (Fsp3) is 0. The molecule has 5 rings (SSSR count). The van der Waals surface area contributed by atoms with E-state index in [1.165, 1.54) is 12.4 Å². The molecule has 0 saturated heterocycles. The minimum atomic E-state index is -0.381. The minimum Gasteiger partial charge on any atom is -0.346 e. The summed E-state index contributed by atoms with van der Waals surface area (Å²) in [4.78, 5) is 22.5. The van der Waals surface area contributed by atoms with Gasteiger partial charge in [-0.1, -0.05) is 24.3 Å². The normalized spacial score (nSPS) is 11.3. The lowest BCUT2D eigenvalue weighted by Gasteiger charge is -2.08. The van der Waals surface area contributed by atoms with Gasteiger partial charge in [0.05, 0.1) is 15.8 Å². The molecule has 5 aromatic rings. The van der Waals surface area contributed by atoms with Gasteiger partial charge in [0.25, 0.3) is 5.69 Å². The Labute approximate surface area is 153 Å². The van der Waals surface area contributed by atoms with Crippen molar-refractivity contribution in [1.82, 2.24) is 19.5 Å². The molecular weight excluding hydrogens is 342 g/mol. The third kappa shape index (κ3) is 2.44. The Morgan fingerprint density at radius 2 is 1.89 bits per heavy atom. The van der Waals surface area contributed by atoms with Crippen LogP contribution < -0.4 is 0 Å². The molecule has 130 valence electrons. The molecule has 0 amide bonds. The molecule has 7 nitrogen and oxygen atoms in total. The van der Waals surface area contributed by atoms with Gasteiger partial charge in [0.1, 0.15) is 17.8 Å². The maximum Gasteiger partial charge on any atom is 0.270 e. The highest BCUT2D eigenvalue weighted by Gasteiger charge is 2.12. The zero-order valence-corrected chi connectivity index (χ0v) is 14.0. The summed E-state index contributed by atoms with van der Waals surface area (Å²) < 4.78 is 2.01. The van der Waals surface area contributed by atoms with E-state index < -0.39 is 0 Å². The first-order valence-corrected chi connectivity index (χ1v) is 8.35. The summed E-state index contributed by atoms with van der Waals surface area (Å²) in [5, 5.41) is 13.1. The molecule has 2 aromatic carbocycles. The molecule has 27 heavy (non-hydrogen) atoms. The average molecular weight is 355 g/mol. The lowest BCUT2D eigenvalue weighted by molar-refractivity contribution is -0.384. The monoisotopic (exact) mass is 355 g/mol. The molecule has 0 aliphatic heterocycles. The molecule has 0 unspecified atom stereocenters. The molecular formula is C20H13N5O2. The van der Waals surface area contributed by atoms with Crippen LogP contribution >= 0.6 is 0 Å². The van der Waals surface area contributed by atoms with Gasteiger partial charge in [-0.2, -0.15) is 0 Å². The summed E-state index contributed by atoms with van der Waals surface area (Å²) >= 11 is 0. The maximum atomic E-state index is 11.1. The van der Waals surface area contributed by atoms with Crippen molar-refractivity contribution in [3.05, 3.63) is 83.4 Å². The van der Waals surface area contributed by atoms with Crippen LogP contribution in [0.3, 0.4) is 0 Å². The molecule has 0 saturated carbocycles. The van der Waals surface area contributed by atoms with E-state index in [-0.39, 0.29) is 10.6 Å². The Morgan fingerprint density at radius 1 is 1.00 bits per heavy atom. The summed E-state index contributed by atoms with van der Waals surface area (Å²) in [7, 11) is 0. The Balaban J connectivity index is 1.71. The molecule has 0 aliphatic carbocycles. The predicted octanol–water partition coefficient (Wildman–Crippen LogP) is 4.48. The number of fused-ring (bicyclic) bond motifs is 2. The number of benzene rings is 2. The number of nitro groups is 1. The van der Waals surface area contributed by atoms with Crippen molar-refractivity contribution < 1.29 is 4.92 Å². The second kappa shape index (κ2) is 5.77. The molecule has 0 aliphatic rings. The van der Waals surface area contributed by atoms with Crippen molar-refractivity contribution in [2.75, 3.05) is 0 Å². The standard InChI is InChI=1S/C20H13N5O2/c26-25(27)16-3-1-2-14(10-16)15-5-4-13-7-9-24(18(13)11-15)20-17-6-8-21-19(17)22-12-23-20/h1-12H,(H,21,22,23). The maximum absolute atomic E-state index is 11.1. The fourth-order valence-corrected chi connectivity index (χ4v) is 3.34. The molecule has 0 spiro atoms. The highest BCUT2D eigenvalue weighted by atomic mass is 16.6. The zero-order chi connectivity index (χ0) is 18.4. The molecule has 3 aromatic heterocycles. The number of non-ortho nitro benzene ring substituents is 1. The minimum absolute atomic E-state index is 0.0767. The SMILES string of the molecule is O=[N+]([O-])c1cccc(-c2ccc3ccn(-c4ncnc5[nH]ccc45)c3c2)c1. The second-order valence-corrected chi connectivity index (χ2v) is 6.20. The first-order valence-electron chi connectivity index (χ1n) is 8.35. The Morgan fingerprint density at radius 3 is 2.78 bits per heavy atom. The number of nitro benzene ring substituents is 1. The van der Waals surface area contributed by atoms with E-state index in [0.717, 1.165) is 38.9 Å². The second-order valence-electron chi connectivity index (χ2n) is 6.20. The van der Waals surface area contributed by atoms with Gasteiger partial charge >= 0.3 is 0 Å². The van der Waals surface area contributed by atoms with Gasteiger partial charge < -0.3 is 9.55 Å². The number of aromatic amines is 1. The van der Waals surface area contributed by atoms with Crippen LogP contribution in [0.25, 0.3) is 38.9 Å². The first-order chi connectivity index (χ1) is 13.2. The summed E-state index contributed by atoms with van der Waals surface area (Å²) in [6.45, 7) is 0. The van der Waals surface area contributed by atoms with Crippen LogP contribution in [0.15, 0.2) is 73.3 Å². The Hall–Kier alpha value is -4.00. The molecule has 0 fully saturated rings. The van der Waals surface area contributed by atoms with Crippen molar-refractivity contribution >= 4 is 27.6 Å². The highest BCUT2D eigenvalue weighted by Crippen LogP contribution is 2.30. The number of nitrogens with zero attached hydrogens (tertiary/aromatic N) is 4. The molecule has 1 N–H and O–H groups in total. The quantitative estimate of drug-likeness (QED) is 0.382. The highest BCUT2D eigenvalue weighted by molar-refractivity contribution is 5.90.